The van der Waals surface area contributed by atoms with Crippen molar-refractivity contribution in [3.05, 3.63) is 163 Å². The second-order valence-corrected chi connectivity index (χ2v) is 17.0. The molecule has 4 N–H and O–H groups in total. The van der Waals surface area contributed by atoms with Gasteiger partial charge in [0, 0.05) is 34.6 Å². The fraction of sp³-hybridized carbons (Fsp3) is 0.0851. The van der Waals surface area contributed by atoms with Crippen LogP contribution in [-0.4, -0.2) is 55.2 Å². The molecule has 0 saturated carbocycles. The van der Waals surface area contributed by atoms with Crippen molar-refractivity contribution in [2.24, 2.45) is 0 Å². The van der Waals surface area contributed by atoms with E-state index in [1.807, 2.05) is 94.3 Å². The van der Waals surface area contributed by atoms with E-state index < -0.39 is 0 Å². The van der Waals surface area contributed by atoms with E-state index in [0.717, 1.165) is 81.0 Å². The Kier molecular flexibility index (Phi) is 10.0. The first kappa shape index (κ1) is 39.0. The molecule has 64 heavy (non-hydrogen) atoms. The molecule has 0 aliphatic carbocycles. The fourth-order valence-electron chi connectivity index (χ4n) is 7.91. The van der Waals surface area contributed by atoms with Crippen molar-refractivity contribution in [2.75, 3.05) is 18.3 Å². The van der Waals surface area contributed by atoms with Crippen LogP contribution in [0.15, 0.2) is 141 Å². The van der Waals surface area contributed by atoms with Gasteiger partial charge in [-0.2, -0.15) is 0 Å². The Morgan fingerprint density at radius 2 is 1.25 bits per heavy atom. The summed E-state index contributed by atoms with van der Waals surface area (Å²) in [7, 11) is 0. The first-order valence-electron chi connectivity index (χ1n) is 20.1. The molecule has 0 atom stereocenters. The molecule has 314 valence electrons. The van der Waals surface area contributed by atoms with Gasteiger partial charge in [0.05, 0.1) is 81.3 Å². The highest BCUT2D eigenvalue weighted by atomic mass is 32.1. The maximum atomic E-state index is 14.4. The summed E-state index contributed by atoms with van der Waals surface area (Å²) in [6, 6.07) is 33.1. The van der Waals surface area contributed by atoms with Crippen molar-refractivity contribution in [2.45, 2.75) is 19.7 Å². The number of ether oxygens (including phenoxy) is 2. The zero-order valence-corrected chi connectivity index (χ0v) is 35.4. The maximum Gasteiger partial charge on any atom is 0.189 e. The van der Waals surface area contributed by atoms with Gasteiger partial charge in [0.15, 0.2) is 6.79 Å². The second kappa shape index (κ2) is 16.4. The number of thiophene rings is 2. The lowest BCUT2D eigenvalue weighted by Gasteiger charge is -2.21. The highest BCUT2D eigenvalue weighted by molar-refractivity contribution is 7.22. The third-order valence-electron chi connectivity index (χ3n) is 10.8. The summed E-state index contributed by atoms with van der Waals surface area (Å²) >= 11 is 3.11. The highest BCUT2D eigenvalue weighted by Gasteiger charge is 2.23. The number of nitrogens with two attached hydrogens (primary N) is 2. The molecule has 17 heteroatoms. The number of hydrogen-bond donors (Lipinski definition) is 2. The van der Waals surface area contributed by atoms with Crippen LogP contribution in [-0.2, 0) is 24.4 Å². The van der Waals surface area contributed by atoms with Gasteiger partial charge in [-0.15, -0.1) is 22.7 Å². The van der Waals surface area contributed by atoms with Gasteiger partial charge in [0.1, 0.15) is 51.2 Å². The van der Waals surface area contributed by atoms with Crippen molar-refractivity contribution in [1.82, 2.24) is 48.4 Å². The summed E-state index contributed by atoms with van der Waals surface area (Å²) in [6.07, 6.45) is 10.7. The van der Waals surface area contributed by atoms with Gasteiger partial charge in [0.2, 0.25) is 0 Å². The molecule has 8 aromatic heterocycles. The molecule has 12 rings (SSSR count). The Labute approximate surface area is 372 Å². The average molecular weight is 883 g/mol. The van der Waals surface area contributed by atoms with E-state index in [1.165, 1.54) is 36.1 Å². The van der Waals surface area contributed by atoms with Crippen LogP contribution >= 0.6 is 22.7 Å². The van der Waals surface area contributed by atoms with E-state index in [9.17, 15) is 4.39 Å². The smallest absolute Gasteiger partial charge is 0.189 e. The van der Waals surface area contributed by atoms with Gasteiger partial charge < -0.3 is 34.5 Å². The molecular formula is C47H35FN12O2S2. The largest absolute Gasteiger partial charge is 0.467 e. The zero-order valence-electron chi connectivity index (χ0n) is 33.7. The number of rotatable bonds is 8. The van der Waals surface area contributed by atoms with Gasteiger partial charge in [-0.3, -0.25) is 0 Å². The van der Waals surface area contributed by atoms with E-state index >= 15 is 0 Å². The summed E-state index contributed by atoms with van der Waals surface area (Å²) in [4.78, 5) is 34.9. The molecule has 0 saturated heterocycles. The van der Waals surface area contributed by atoms with Crippen molar-refractivity contribution in [3.63, 3.8) is 0 Å². The first-order chi connectivity index (χ1) is 31.4. The lowest BCUT2D eigenvalue weighted by Crippen LogP contribution is -2.15. The van der Waals surface area contributed by atoms with Gasteiger partial charge in [-0.1, -0.05) is 66.7 Å². The molecule has 0 spiro atoms. The lowest BCUT2D eigenvalue weighted by molar-refractivity contribution is -0.0173. The predicted molar refractivity (Wildman–Crippen MR) is 247 cm³/mol. The number of hydrogen-bond acceptors (Lipinski definition) is 13. The van der Waals surface area contributed by atoms with Crippen LogP contribution in [0.3, 0.4) is 0 Å². The van der Waals surface area contributed by atoms with Gasteiger partial charge in [-0.25, -0.2) is 39.3 Å². The normalized spacial score (nSPS) is 12.3. The standard InChI is InChI=1S/C24H18FN5O2S.C23H17N7S/c25-17-6-15(22-16(7-17)10-31-13-32-22)9-30-12-29-20(14-4-2-1-3-5-14)21(30)19-8-18-23(26)27-11-28-24(18)33-19;24-22-17-10-18(31-23(17)26-13-25-22)21-20(15-6-2-1-3-7-15)27-14-30(21)12-16-11-29-9-5-4-8-19(29)28-16/h1-8,11-12H,9-10,13H2,(H2,26,27,28);1-11,13-14H,12H2,(H2,24,25,26). The molecular weight excluding hydrogens is 848 g/mol. The number of nitrogen functional groups attached to an aromatic ring is 2. The molecule has 1 aliphatic heterocycles. The Hall–Kier alpha value is -7.86. The zero-order chi connectivity index (χ0) is 43.1. The van der Waals surface area contributed by atoms with Gasteiger partial charge >= 0.3 is 0 Å². The summed E-state index contributed by atoms with van der Waals surface area (Å²) in [5.74, 6) is 1.25. The highest BCUT2D eigenvalue weighted by Crippen LogP contribution is 2.41. The molecule has 0 amide bonds. The predicted octanol–water partition coefficient (Wildman–Crippen LogP) is 9.36. The molecule has 3 aromatic carbocycles. The molecule has 0 radical (unpaired) electrons. The Morgan fingerprint density at radius 3 is 1.84 bits per heavy atom. The van der Waals surface area contributed by atoms with E-state index in [4.69, 9.17) is 35.9 Å². The minimum atomic E-state index is -0.326. The van der Waals surface area contributed by atoms with Crippen molar-refractivity contribution < 1.29 is 13.9 Å². The third-order valence-corrected chi connectivity index (χ3v) is 12.9. The fourth-order valence-corrected chi connectivity index (χ4v) is 10.1. The first-order valence-corrected chi connectivity index (χ1v) is 21.7. The van der Waals surface area contributed by atoms with Crippen LogP contribution in [0, 0.1) is 5.82 Å². The molecule has 0 unspecified atom stereocenters. The molecule has 0 fully saturated rings. The summed E-state index contributed by atoms with van der Waals surface area (Å²) in [5, 5.41) is 1.66. The van der Waals surface area contributed by atoms with E-state index in [1.54, 1.807) is 17.7 Å². The van der Waals surface area contributed by atoms with Crippen molar-refractivity contribution in [1.29, 1.82) is 0 Å². The second-order valence-electron chi connectivity index (χ2n) is 14.9. The number of fused-ring (bicyclic) bond motifs is 4. The Balaban J connectivity index is 0.000000143. The number of benzene rings is 3. The Bertz CT molecular complexity index is 3440. The SMILES string of the molecule is Nc1ncnc2sc(-c3c(-c4ccccc4)ncn3Cc3cc(F)cc4c3OCOC4)cc12.Nc1ncnc2sc(-c3c(-c4ccccc4)ncn3Cc3cn4ccccc4n3)cc12. The number of nitrogens with zero attached hydrogens (tertiary/aromatic N) is 10. The summed E-state index contributed by atoms with van der Waals surface area (Å²) < 4.78 is 31.6. The molecule has 1 aliphatic rings. The van der Waals surface area contributed by atoms with E-state index in [-0.39, 0.29) is 12.6 Å². The van der Waals surface area contributed by atoms with Crippen LogP contribution in [0.1, 0.15) is 16.8 Å². The Morgan fingerprint density at radius 1 is 0.656 bits per heavy atom. The molecule has 14 nitrogen and oxygen atoms in total. The van der Waals surface area contributed by atoms with Crippen LogP contribution in [0.25, 0.3) is 69.7 Å². The lowest BCUT2D eigenvalue weighted by atomic mass is 10.1. The van der Waals surface area contributed by atoms with E-state index in [0.29, 0.717) is 42.6 Å². The van der Waals surface area contributed by atoms with Gasteiger partial charge in [-0.05, 0) is 36.4 Å². The van der Waals surface area contributed by atoms with Crippen LogP contribution < -0.4 is 16.2 Å². The average Bonchev–Trinajstić information content (AvgIpc) is 4.17. The third kappa shape index (κ3) is 7.36. The number of halogens is 1. The van der Waals surface area contributed by atoms with Crippen molar-refractivity contribution in [3.8, 4) is 49.4 Å². The van der Waals surface area contributed by atoms with Crippen LogP contribution in [0.2, 0.25) is 0 Å². The molecule has 11 aromatic rings. The molecule has 0 bridgehead atoms. The van der Waals surface area contributed by atoms with Crippen LogP contribution in [0.4, 0.5) is 16.0 Å². The van der Waals surface area contributed by atoms with E-state index in [2.05, 4.69) is 48.9 Å². The number of pyridine rings is 1. The maximum absolute atomic E-state index is 14.4. The quantitative estimate of drug-likeness (QED) is 0.149. The number of imidazole rings is 3. The minimum Gasteiger partial charge on any atom is -0.467 e. The van der Waals surface area contributed by atoms with Gasteiger partial charge in [0.25, 0.3) is 0 Å². The summed E-state index contributed by atoms with van der Waals surface area (Å²) in [6.45, 7) is 1.45. The monoisotopic (exact) mass is 882 g/mol. The van der Waals surface area contributed by atoms with Crippen LogP contribution in [0.5, 0.6) is 5.75 Å². The molecule has 9 heterocycles. The topological polar surface area (TPSA) is 175 Å². The van der Waals surface area contributed by atoms with Crippen molar-refractivity contribution >= 4 is 60.4 Å². The number of anilines is 2. The summed E-state index contributed by atoms with van der Waals surface area (Å²) in [5.41, 5.74) is 21.2. The number of aromatic nitrogens is 10. The minimum absolute atomic E-state index is 0.145.